The van der Waals surface area contributed by atoms with Crippen LogP contribution in [0.4, 0.5) is 5.69 Å². The summed E-state index contributed by atoms with van der Waals surface area (Å²) in [5.41, 5.74) is 5.23. The van der Waals surface area contributed by atoms with Crippen LogP contribution < -0.4 is 5.32 Å². The summed E-state index contributed by atoms with van der Waals surface area (Å²) in [6.07, 6.45) is 7.63. The van der Waals surface area contributed by atoms with Crippen LogP contribution in [-0.2, 0) is 13.0 Å². The Morgan fingerprint density at radius 1 is 1.33 bits per heavy atom. The molecule has 3 rings (SSSR count). The number of nitrogens with one attached hydrogen (secondary N) is 1. The highest BCUT2D eigenvalue weighted by Crippen LogP contribution is 2.28. The van der Waals surface area contributed by atoms with Crippen LogP contribution in [0, 0.1) is 0 Å². The lowest BCUT2D eigenvalue weighted by Crippen LogP contribution is -2.11. The Bertz CT molecular complexity index is 542. The molecular weight excluding hydrogens is 222 g/mol. The van der Waals surface area contributed by atoms with Crippen molar-refractivity contribution in [2.75, 3.05) is 11.9 Å². The average molecular weight is 241 g/mol. The minimum absolute atomic E-state index is 0.993. The fraction of sp³-hybridized carbons (Fsp3) is 0.400. The highest BCUT2D eigenvalue weighted by molar-refractivity contribution is 5.68. The van der Waals surface area contributed by atoms with Crippen molar-refractivity contribution in [1.82, 2.24) is 9.78 Å². The first kappa shape index (κ1) is 11.3. The smallest absolute Gasteiger partial charge is 0.0568 e. The fourth-order valence-electron chi connectivity index (χ4n) is 2.52. The van der Waals surface area contributed by atoms with Crippen molar-refractivity contribution in [1.29, 1.82) is 0 Å². The summed E-state index contributed by atoms with van der Waals surface area (Å²) in [7, 11) is 0. The van der Waals surface area contributed by atoms with E-state index in [1.165, 1.54) is 35.2 Å². The van der Waals surface area contributed by atoms with Gasteiger partial charge in [0, 0.05) is 30.5 Å². The monoisotopic (exact) mass is 241 g/mol. The van der Waals surface area contributed by atoms with Gasteiger partial charge in [0.15, 0.2) is 0 Å². The Balaban J connectivity index is 1.91. The van der Waals surface area contributed by atoms with E-state index in [9.17, 15) is 0 Å². The second kappa shape index (κ2) is 4.84. The van der Waals surface area contributed by atoms with Gasteiger partial charge in [0.05, 0.1) is 6.20 Å². The lowest BCUT2D eigenvalue weighted by atomic mass is 9.99. The van der Waals surface area contributed by atoms with Gasteiger partial charge in [0.25, 0.3) is 0 Å². The minimum atomic E-state index is 0.993. The van der Waals surface area contributed by atoms with Gasteiger partial charge in [-0.1, -0.05) is 13.0 Å². The Morgan fingerprint density at radius 3 is 3.17 bits per heavy atom. The SMILES string of the molecule is CCCn1cc(-c2ccc3c(c2)CCCN3)cn1. The van der Waals surface area contributed by atoms with Crippen LogP contribution in [-0.4, -0.2) is 16.3 Å². The summed E-state index contributed by atoms with van der Waals surface area (Å²) < 4.78 is 2.02. The van der Waals surface area contributed by atoms with Crippen LogP contribution in [0.5, 0.6) is 0 Å². The molecule has 0 bridgehead atoms. The summed E-state index contributed by atoms with van der Waals surface area (Å²) >= 11 is 0. The molecule has 1 aromatic carbocycles. The van der Waals surface area contributed by atoms with Crippen LogP contribution in [0.3, 0.4) is 0 Å². The molecule has 1 aromatic heterocycles. The molecule has 3 heteroatoms. The Kier molecular flexibility index (Phi) is 3.05. The maximum Gasteiger partial charge on any atom is 0.0568 e. The van der Waals surface area contributed by atoms with E-state index in [0.29, 0.717) is 0 Å². The molecule has 0 aliphatic carbocycles. The minimum Gasteiger partial charge on any atom is -0.385 e. The maximum atomic E-state index is 4.40. The van der Waals surface area contributed by atoms with Crippen molar-refractivity contribution < 1.29 is 0 Å². The normalized spacial score (nSPS) is 14.1. The molecular formula is C15H19N3. The van der Waals surface area contributed by atoms with E-state index < -0.39 is 0 Å². The topological polar surface area (TPSA) is 29.9 Å². The molecule has 1 aliphatic heterocycles. The number of hydrogen-bond acceptors (Lipinski definition) is 2. The van der Waals surface area contributed by atoms with Crippen molar-refractivity contribution in [3.05, 3.63) is 36.2 Å². The number of aromatic nitrogens is 2. The summed E-state index contributed by atoms with van der Waals surface area (Å²) in [5, 5.41) is 7.84. The van der Waals surface area contributed by atoms with Gasteiger partial charge >= 0.3 is 0 Å². The number of nitrogens with zero attached hydrogens (tertiary/aromatic N) is 2. The quantitative estimate of drug-likeness (QED) is 0.893. The number of rotatable bonds is 3. The Hall–Kier alpha value is -1.77. The zero-order valence-electron chi connectivity index (χ0n) is 10.8. The summed E-state index contributed by atoms with van der Waals surface area (Å²) in [4.78, 5) is 0. The fourth-order valence-corrected chi connectivity index (χ4v) is 2.52. The molecule has 94 valence electrons. The van der Waals surface area contributed by atoms with Crippen molar-refractivity contribution in [3.8, 4) is 11.1 Å². The first-order chi connectivity index (χ1) is 8.86. The van der Waals surface area contributed by atoms with Crippen LogP contribution in [0.2, 0.25) is 0 Å². The van der Waals surface area contributed by atoms with E-state index >= 15 is 0 Å². The number of benzene rings is 1. The standard InChI is InChI=1S/C15H19N3/c1-2-8-18-11-14(10-17-18)12-5-6-15-13(9-12)4-3-7-16-15/h5-6,9-11,16H,2-4,7-8H2,1H3. The number of anilines is 1. The van der Waals surface area contributed by atoms with Gasteiger partial charge in [0.1, 0.15) is 0 Å². The van der Waals surface area contributed by atoms with Crippen LogP contribution in [0.15, 0.2) is 30.6 Å². The molecule has 0 amide bonds. The van der Waals surface area contributed by atoms with Gasteiger partial charge in [-0.2, -0.15) is 5.10 Å². The predicted octanol–water partition coefficient (Wildman–Crippen LogP) is 3.32. The van der Waals surface area contributed by atoms with Crippen LogP contribution >= 0.6 is 0 Å². The maximum absolute atomic E-state index is 4.40. The van der Waals surface area contributed by atoms with E-state index in [-0.39, 0.29) is 0 Å². The van der Waals surface area contributed by atoms with E-state index in [4.69, 9.17) is 0 Å². The van der Waals surface area contributed by atoms with Crippen molar-refractivity contribution in [2.45, 2.75) is 32.7 Å². The van der Waals surface area contributed by atoms with Gasteiger partial charge in [-0.3, -0.25) is 4.68 Å². The third kappa shape index (κ3) is 2.13. The van der Waals surface area contributed by atoms with E-state index in [0.717, 1.165) is 19.5 Å². The highest BCUT2D eigenvalue weighted by Gasteiger charge is 2.10. The molecule has 0 saturated heterocycles. The largest absolute Gasteiger partial charge is 0.385 e. The molecule has 3 nitrogen and oxygen atoms in total. The van der Waals surface area contributed by atoms with E-state index in [1.54, 1.807) is 0 Å². The molecule has 2 heterocycles. The number of fused-ring (bicyclic) bond motifs is 1. The lowest BCUT2D eigenvalue weighted by Gasteiger charge is -2.18. The Morgan fingerprint density at radius 2 is 2.28 bits per heavy atom. The Labute approximate surface area is 108 Å². The van der Waals surface area contributed by atoms with Gasteiger partial charge < -0.3 is 5.32 Å². The summed E-state index contributed by atoms with van der Waals surface area (Å²) in [6, 6.07) is 6.68. The molecule has 0 atom stereocenters. The van der Waals surface area contributed by atoms with E-state index in [1.807, 2.05) is 10.9 Å². The van der Waals surface area contributed by atoms with Gasteiger partial charge in [-0.25, -0.2) is 0 Å². The lowest BCUT2D eigenvalue weighted by molar-refractivity contribution is 0.603. The van der Waals surface area contributed by atoms with Gasteiger partial charge in [-0.15, -0.1) is 0 Å². The van der Waals surface area contributed by atoms with Crippen LogP contribution in [0.25, 0.3) is 11.1 Å². The number of hydrogen-bond donors (Lipinski definition) is 1. The molecule has 0 fully saturated rings. The second-order valence-corrected chi connectivity index (χ2v) is 4.89. The highest BCUT2D eigenvalue weighted by atomic mass is 15.3. The van der Waals surface area contributed by atoms with Crippen LogP contribution in [0.1, 0.15) is 25.3 Å². The molecule has 1 N–H and O–H groups in total. The first-order valence-corrected chi connectivity index (χ1v) is 6.76. The first-order valence-electron chi connectivity index (χ1n) is 6.76. The van der Waals surface area contributed by atoms with Crippen molar-refractivity contribution >= 4 is 5.69 Å². The summed E-state index contributed by atoms with van der Waals surface area (Å²) in [6.45, 7) is 4.26. The predicted molar refractivity (Wildman–Crippen MR) is 74.8 cm³/mol. The second-order valence-electron chi connectivity index (χ2n) is 4.89. The summed E-state index contributed by atoms with van der Waals surface area (Å²) in [5.74, 6) is 0. The molecule has 0 spiro atoms. The van der Waals surface area contributed by atoms with E-state index in [2.05, 4.69) is 41.7 Å². The molecule has 0 unspecified atom stereocenters. The van der Waals surface area contributed by atoms with Gasteiger partial charge in [0.2, 0.25) is 0 Å². The van der Waals surface area contributed by atoms with Gasteiger partial charge in [-0.05, 0) is 42.5 Å². The third-order valence-corrected chi connectivity index (χ3v) is 3.46. The molecule has 2 aromatic rings. The zero-order valence-corrected chi connectivity index (χ0v) is 10.8. The third-order valence-electron chi connectivity index (χ3n) is 3.46. The molecule has 0 radical (unpaired) electrons. The molecule has 1 aliphatic rings. The molecule has 18 heavy (non-hydrogen) atoms. The molecule has 0 saturated carbocycles. The van der Waals surface area contributed by atoms with Crippen molar-refractivity contribution in [2.24, 2.45) is 0 Å². The van der Waals surface area contributed by atoms with Crippen molar-refractivity contribution in [3.63, 3.8) is 0 Å². The average Bonchev–Trinajstić information content (AvgIpc) is 2.87. The zero-order chi connectivity index (χ0) is 12.4. The number of aryl methyl sites for hydroxylation is 2.